The van der Waals surface area contributed by atoms with Crippen LogP contribution in [-0.4, -0.2) is 30.6 Å². The molecule has 0 bridgehead atoms. The highest BCUT2D eigenvalue weighted by Crippen LogP contribution is 2.18. The molecule has 4 heteroatoms. The van der Waals surface area contributed by atoms with E-state index in [4.69, 9.17) is 18.0 Å². The Labute approximate surface area is 114 Å². The van der Waals surface area contributed by atoms with Crippen molar-refractivity contribution in [3.05, 3.63) is 29.3 Å². The van der Waals surface area contributed by atoms with Gasteiger partial charge >= 0.3 is 0 Å². The van der Waals surface area contributed by atoms with Crippen LogP contribution in [0.1, 0.15) is 17.5 Å². The second-order valence-corrected chi connectivity index (χ2v) is 5.56. The van der Waals surface area contributed by atoms with Crippen LogP contribution < -0.4 is 10.6 Å². The molecule has 0 radical (unpaired) electrons. The molecule has 0 aliphatic heterocycles. The second kappa shape index (κ2) is 6.87. The molecular formula is C13H20N2S2. The number of nitrogens with zero attached hydrogens (tertiary/aromatic N) is 1. The number of rotatable bonds is 6. The Morgan fingerprint density at radius 3 is 2.71 bits per heavy atom. The van der Waals surface area contributed by atoms with E-state index in [0.29, 0.717) is 4.99 Å². The first-order valence-electron chi connectivity index (χ1n) is 5.66. The number of aryl methyl sites for hydroxylation is 1. The molecule has 0 spiro atoms. The van der Waals surface area contributed by atoms with Gasteiger partial charge in [-0.25, -0.2) is 0 Å². The van der Waals surface area contributed by atoms with Gasteiger partial charge in [0.1, 0.15) is 4.99 Å². The van der Waals surface area contributed by atoms with Crippen LogP contribution in [0.5, 0.6) is 0 Å². The molecule has 0 fully saturated rings. The minimum Gasteiger partial charge on any atom is -0.389 e. The Hall–Kier alpha value is -0.740. The predicted molar refractivity (Wildman–Crippen MR) is 83.3 cm³/mol. The van der Waals surface area contributed by atoms with Crippen molar-refractivity contribution in [2.45, 2.75) is 13.3 Å². The van der Waals surface area contributed by atoms with Gasteiger partial charge in [0.25, 0.3) is 0 Å². The van der Waals surface area contributed by atoms with Crippen LogP contribution in [0.4, 0.5) is 5.69 Å². The van der Waals surface area contributed by atoms with Crippen molar-refractivity contribution in [3.8, 4) is 0 Å². The fraction of sp³-hybridized carbons (Fsp3) is 0.462. The molecule has 17 heavy (non-hydrogen) atoms. The van der Waals surface area contributed by atoms with Crippen LogP contribution in [0.2, 0.25) is 0 Å². The van der Waals surface area contributed by atoms with E-state index in [2.05, 4.69) is 30.3 Å². The monoisotopic (exact) mass is 268 g/mol. The van der Waals surface area contributed by atoms with Gasteiger partial charge in [-0.1, -0.05) is 12.2 Å². The van der Waals surface area contributed by atoms with Crippen molar-refractivity contribution in [2.75, 3.05) is 30.5 Å². The van der Waals surface area contributed by atoms with Gasteiger partial charge < -0.3 is 10.6 Å². The van der Waals surface area contributed by atoms with Crippen LogP contribution in [0.15, 0.2) is 18.2 Å². The van der Waals surface area contributed by atoms with Crippen molar-refractivity contribution in [1.82, 2.24) is 0 Å². The number of nitrogens with two attached hydrogens (primary N) is 1. The van der Waals surface area contributed by atoms with Crippen LogP contribution in [0.3, 0.4) is 0 Å². The molecule has 0 atom stereocenters. The highest BCUT2D eigenvalue weighted by Gasteiger charge is 2.05. The maximum atomic E-state index is 5.65. The quantitative estimate of drug-likeness (QED) is 0.634. The number of benzene rings is 1. The molecule has 0 aliphatic carbocycles. The normalized spacial score (nSPS) is 10.3. The summed E-state index contributed by atoms with van der Waals surface area (Å²) in [7, 11) is 2.12. The average molecular weight is 268 g/mol. The third kappa shape index (κ3) is 4.21. The van der Waals surface area contributed by atoms with Crippen LogP contribution in [-0.2, 0) is 0 Å². The summed E-state index contributed by atoms with van der Waals surface area (Å²) in [6.07, 6.45) is 3.34. The highest BCUT2D eigenvalue weighted by molar-refractivity contribution is 7.98. The maximum absolute atomic E-state index is 5.65. The third-order valence-corrected chi connectivity index (χ3v) is 3.68. The van der Waals surface area contributed by atoms with E-state index in [1.165, 1.54) is 17.9 Å². The van der Waals surface area contributed by atoms with Gasteiger partial charge in [-0.2, -0.15) is 11.8 Å². The Morgan fingerprint density at radius 2 is 2.18 bits per heavy atom. The largest absolute Gasteiger partial charge is 0.389 e. The zero-order valence-corrected chi connectivity index (χ0v) is 12.3. The Kier molecular flexibility index (Phi) is 5.78. The third-order valence-electron chi connectivity index (χ3n) is 2.76. The Bertz CT molecular complexity index is 391. The zero-order valence-electron chi connectivity index (χ0n) is 10.7. The summed E-state index contributed by atoms with van der Waals surface area (Å²) in [5, 5.41) is 0. The SMILES string of the molecule is CSCCCN(C)c1ccc(C(N)=S)c(C)c1. The van der Waals surface area contributed by atoms with Crippen molar-refractivity contribution in [2.24, 2.45) is 5.73 Å². The summed E-state index contributed by atoms with van der Waals surface area (Å²) in [6.45, 7) is 3.13. The molecule has 2 nitrogen and oxygen atoms in total. The van der Waals surface area contributed by atoms with E-state index in [1.807, 2.05) is 24.8 Å². The molecule has 0 saturated carbocycles. The first-order valence-corrected chi connectivity index (χ1v) is 7.47. The number of thioether (sulfide) groups is 1. The van der Waals surface area contributed by atoms with Gasteiger partial charge in [-0.05, 0) is 49.1 Å². The Balaban J connectivity index is 2.72. The van der Waals surface area contributed by atoms with Gasteiger partial charge in [0.05, 0.1) is 0 Å². The number of hydrogen-bond donors (Lipinski definition) is 1. The molecule has 0 saturated heterocycles. The molecular weight excluding hydrogens is 248 g/mol. The molecule has 0 amide bonds. The maximum Gasteiger partial charge on any atom is 0.104 e. The van der Waals surface area contributed by atoms with Crippen LogP contribution in [0, 0.1) is 6.92 Å². The Morgan fingerprint density at radius 1 is 1.47 bits per heavy atom. The van der Waals surface area contributed by atoms with Crippen molar-refractivity contribution >= 4 is 34.7 Å². The molecule has 1 aromatic carbocycles. The summed E-state index contributed by atoms with van der Waals surface area (Å²) in [6, 6.07) is 6.24. The molecule has 0 aromatic heterocycles. The highest BCUT2D eigenvalue weighted by atomic mass is 32.2. The number of anilines is 1. The van der Waals surface area contributed by atoms with Crippen molar-refractivity contribution in [3.63, 3.8) is 0 Å². The van der Waals surface area contributed by atoms with E-state index in [9.17, 15) is 0 Å². The summed E-state index contributed by atoms with van der Waals surface area (Å²) in [5.41, 5.74) is 9.00. The number of thiocarbonyl (C=S) groups is 1. The molecule has 0 unspecified atom stereocenters. The molecule has 94 valence electrons. The summed E-state index contributed by atoms with van der Waals surface area (Å²) in [4.78, 5) is 2.74. The van der Waals surface area contributed by atoms with Crippen molar-refractivity contribution < 1.29 is 0 Å². The van der Waals surface area contributed by atoms with E-state index in [1.54, 1.807) is 0 Å². The van der Waals surface area contributed by atoms with E-state index < -0.39 is 0 Å². The van der Waals surface area contributed by atoms with E-state index in [0.717, 1.165) is 17.7 Å². The van der Waals surface area contributed by atoms with Gasteiger partial charge in [0, 0.05) is 24.8 Å². The lowest BCUT2D eigenvalue weighted by molar-refractivity contribution is 0.859. The smallest absolute Gasteiger partial charge is 0.104 e. The van der Waals surface area contributed by atoms with Gasteiger partial charge in [0.2, 0.25) is 0 Å². The lowest BCUT2D eigenvalue weighted by Gasteiger charge is -2.20. The minimum atomic E-state index is 0.471. The summed E-state index contributed by atoms with van der Waals surface area (Å²) in [5.74, 6) is 1.20. The van der Waals surface area contributed by atoms with Crippen LogP contribution >= 0.6 is 24.0 Å². The standard InChI is InChI=1S/C13H20N2S2/c1-10-9-11(5-6-12(10)13(14)16)15(2)7-4-8-17-3/h5-6,9H,4,7-8H2,1-3H3,(H2,14,16). The summed E-state index contributed by atoms with van der Waals surface area (Å²) >= 11 is 6.89. The lowest BCUT2D eigenvalue weighted by atomic mass is 10.1. The van der Waals surface area contributed by atoms with Crippen LogP contribution in [0.25, 0.3) is 0 Å². The fourth-order valence-electron chi connectivity index (χ4n) is 1.74. The molecule has 1 rings (SSSR count). The first-order chi connectivity index (χ1) is 8.06. The lowest BCUT2D eigenvalue weighted by Crippen LogP contribution is -2.19. The van der Waals surface area contributed by atoms with Gasteiger partial charge in [-0.3, -0.25) is 0 Å². The van der Waals surface area contributed by atoms with Gasteiger partial charge in [-0.15, -0.1) is 0 Å². The second-order valence-electron chi connectivity index (χ2n) is 4.13. The molecule has 0 aliphatic rings. The molecule has 1 aromatic rings. The topological polar surface area (TPSA) is 29.3 Å². The van der Waals surface area contributed by atoms with E-state index >= 15 is 0 Å². The zero-order chi connectivity index (χ0) is 12.8. The predicted octanol–water partition coefficient (Wildman–Crippen LogP) is 2.82. The molecule has 0 heterocycles. The number of hydrogen-bond acceptors (Lipinski definition) is 3. The first kappa shape index (κ1) is 14.3. The fourth-order valence-corrected chi connectivity index (χ4v) is 2.38. The summed E-state index contributed by atoms with van der Waals surface area (Å²) < 4.78 is 0. The minimum absolute atomic E-state index is 0.471. The average Bonchev–Trinajstić information content (AvgIpc) is 2.28. The van der Waals surface area contributed by atoms with Gasteiger partial charge in [0.15, 0.2) is 0 Å². The van der Waals surface area contributed by atoms with Crippen molar-refractivity contribution in [1.29, 1.82) is 0 Å². The molecule has 2 N–H and O–H groups in total. The van der Waals surface area contributed by atoms with E-state index in [-0.39, 0.29) is 0 Å².